The summed E-state index contributed by atoms with van der Waals surface area (Å²) < 4.78 is 0. The summed E-state index contributed by atoms with van der Waals surface area (Å²) in [6.07, 6.45) is 4.49. The number of hydrogen-bond acceptors (Lipinski definition) is 2. The lowest BCUT2D eigenvalue weighted by atomic mass is 10.4. The Kier molecular flexibility index (Phi) is 5.97. The van der Waals surface area contributed by atoms with Gasteiger partial charge in [0.25, 0.3) is 0 Å². The third-order valence-electron chi connectivity index (χ3n) is 2.35. The molecule has 0 saturated carbocycles. The minimum Gasteiger partial charge on any atom is -0.122 e. The number of hydrogen-bond donors (Lipinski definition) is 0. The maximum atomic E-state index is 2.24. The van der Waals surface area contributed by atoms with Crippen LogP contribution >= 0.6 is 23.5 Å². The van der Waals surface area contributed by atoms with E-state index in [9.17, 15) is 0 Å². The van der Waals surface area contributed by atoms with Gasteiger partial charge in [0.1, 0.15) is 0 Å². The van der Waals surface area contributed by atoms with Gasteiger partial charge < -0.3 is 0 Å². The second-order valence-electron chi connectivity index (χ2n) is 3.72. The van der Waals surface area contributed by atoms with Crippen LogP contribution in [-0.2, 0) is 0 Å². The van der Waals surface area contributed by atoms with Gasteiger partial charge in [-0.25, -0.2) is 0 Å². The molecule has 0 spiro atoms. The van der Waals surface area contributed by atoms with Crippen LogP contribution in [0.5, 0.6) is 0 Å². The molecule has 0 nitrogen and oxygen atoms in total. The third-order valence-corrected chi connectivity index (χ3v) is 4.27. The van der Waals surface area contributed by atoms with E-state index in [-0.39, 0.29) is 0 Å². The molecule has 0 unspecified atom stereocenters. The summed E-state index contributed by atoms with van der Waals surface area (Å²) in [5.41, 5.74) is 0. The Hall–Kier alpha value is -1.12. The quantitative estimate of drug-likeness (QED) is 0.528. The van der Waals surface area contributed by atoms with Gasteiger partial charge in [0, 0.05) is 21.3 Å². The van der Waals surface area contributed by atoms with Crippen LogP contribution in [0.1, 0.15) is 0 Å². The smallest absolute Gasteiger partial charge is 0.0161 e. The van der Waals surface area contributed by atoms with Gasteiger partial charge in [0.15, 0.2) is 0 Å². The van der Waals surface area contributed by atoms with E-state index in [1.54, 1.807) is 0 Å². The maximum absolute atomic E-state index is 2.24. The molecular weight excluding hydrogens is 256 g/mol. The van der Waals surface area contributed by atoms with Gasteiger partial charge in [0.2, 0.25) is 0 Å². The first-order valence-corrected chi connectivity index (χ1v) is 7.93. The predicted molar refractivity (Wildman–Crippen MR) is 83.5 cm³/mol. The highest BCUT2D eigenvalue weighted by Gasteiger charge is 1.90. The van der Waals surface area contributed by atoms with Crippen molar-refractivity contribution < 1.29 is 0 Å². The number of benzene rings is 2. The molecule has 2 aromatic carbocycles. The number of rotatable bonds is 6. The first kappa shape index (κ1) is 13.3. The Morgan fingerprint density at radius 3 is 1.39 bits per heavy atom. The fourth-order valence-corrected chi connectivity index (χ4v) is 3.01. The van der Waals surface area contributed by atoms with Gasteiger partial charge in [-0.05, 0) is 24.3 Å². The SMILES string of the molecule is C(=C/CSc1ccccc1)/CSc1ccccc1. The molecular formula is C16H16S2. The van der Waals surface area contributed by atoms with Gasteiger partial charge in [-0.3, -0.25) is 0 Å². The van der Waals surface area contributed by atoms with Crippen molar-refractivity contribution in [3.63, 3.8) is 0 Å². The molecule has 0 aromatic heterocycles. The van der Waals surface area contributed by atoms with E-state index in [0.29, 0.717) is 0 Å². The summed E-state index contributed by atoms with van der Waals surface area (Å²) in [7, 11) is 0. The van der Waals surface area contributed by atoms with Crippen molar-refractivity contribution in [1.82, 2.24) is 0 Å². The Balaban J connectivity index is 1.64. The average molecular weight is 272 g/mol. The molecule has 0 aliphatic heterocycles. The largest absolute Gasteiger partial charge is 0.122 e. The molecule has 0 bridgehead atoms. The molecule has 0 saturated heterocycles. The molecule has 0 radical (unpaired) electrons. The van der Waals surface area contributed by atoms with Crippen molar-refractivity contribution in [1.29, 1.82) is 0 Å². The summed E-state index contributed by atoms with van der Waals surface area (Å²) in [5.74, 6) is 2.08. The van der Waals surface area contributed by atoms with Crippen molar-refractivity contribution >= 4 is 23.5 Å². The minimum atomic E-state index is 1.04. The summed E-state index contributed by atoms with van der Waals surface area (Å²) in [6, 6.07) is 21.0. The normalized spacial score (nSPS) is 10.9. The highest BCUT2D eigenvalue weighted by Crippen LogP contribution is 2.18. The lowest BCUT2D eigenvalue weighted by molar-refractivity contribution is 1.45. The first-order valence-electron chi connectivity index (χ1n) is 5.96. The standard InChI is InChI=1S/C16H16S2/c1-3-9-15(10-4-1)17-13-7-8-14-18-16-11-5-2-6-12-16/h1-12H,13-14H2/b8-7-. The van der Waals surface area contributed by atoms with E-state index in [0.717, 1.165) is 11.5 Å². The van der Waals surface area contributed by atoms with Gasteiger partial charge in [0.05, 0.1) is 0 Å². The first-order chi connectivity index (χ1) is 8.95. The van der Waals surface area contributed by atoms with Gasteiger partial charge >= 0.3 is 0 Å². The van der Waals surface area contributed by atoms with Crippen molar-refractivity contribution in [2.75, 3.05) is 11.5 Å². The highest BCUT2D eigenvalue weighted by molar-refractivity contribution is 7.99. The summed E-state index contributed by atoms with van der Waals surface area (Å²) in [5, 5.41) is 0. The fraction of sp³-hybridized carbons (Fsp3) is 0.125. The predicted octanol–water partition coefficient (Wildman–Crippen LogP) is 5.13. The summed E-state index contributed by atoms with van der Waals surface area (Å²) >= 11 is 3.74. The van der Waals surface area contributed by atoms with E-state index in [1.165, 1.54) is 9.79 Å². The van der Waals surface area contributed by atoms with Crippen molar-refractivity contribution in [2.45, 2.75) is 9.79 Å². The zero-order valence-electron chi connectivity index (χ0n) is 10.2. The van der Waals surface area contributed by atoms with E-state index in [2.05, 4.69) is 72.8 Å². The van der Waals surface area contributed by atoms with E-state index < -0.39 is 0 Å². The molecule has 0 aliphatic rings. The van der Waals surface area contributed by atoms with Crippen LogP contribution in [0.15, 0.2) is 82.6 Å². The monoisotopic (exact) mass is 272 g/mol. The molecule has 2 rings (SSSR count). The molecule has 0 fully saturated rings. The third kappa shape index (κ3) is 5.03. The molecule has 2 heteroatoms. The molecule has 0 N–H and O–H groups in total. The topological polar surface area (TPSA) is 0 Å². The summed E-state index contributed by atoms with van der Waals surface area (Å²) in [4.78, 5) is 2.66. The van der Waals surface area contributed by atoms with Gasteiger partial charge in [-0.15, -0.1) is 23.5 Å². The van der Waals surface area contributed by atoms with Crippen molar-refractivity contribution in [3.8, 4) is 0 Å². The van der Waals surface area contributed by atoms with Crippen molar-refractivity contribution in [3.05, 3.63) is 72.8 Å². The molecule has 2 aromatic rings. The number of thioether (sulfide) groups is 2. The van der Waals surface area contributed by atoms with E-state index >= 15 is 0 Å². The van der Waals surface area contributed by atoms with Crippen LogP contribution in [-0.4, -0.2) is 11.5 Å². The Labute approximate surface area is 118 Å². The molecule has 0 amide bonds. The van der Waals surface area contributed by atoms with Crippen LogP contribution in [0.4, 0.5) is 0 Å². The maximum Gasteiger partial charge on any atom is 0.0161 e. The lowest BCUT2D eigenvalue weighted by Gasteiger charge is -1.97. The molecule has 0 aliphatic carbocycles. The van der Waals surface area contributed by atoms with Crippen LogP contribution in [0, 0.1) is 0 Å². The van der Waals surface area contributed by atoms with Gasteiger partial charge in [-0.1, -0.05) is 48.6 Å². The lowest BCUT2D eigenvalue weighted by Crippen LogP contribution is -1.76. The highest BCUT2D eigenvalue weighted by atomic mass is 32.2. The van der Waals surface area contributed by atoms with Crippen LogP contribution in [0.2, 0.25) is 0 Å². The average Bonchev–Trinajstić information content (AvgIpc) is 2.45. The van der Waals surface area contributed by atoms with Crippen LogP contribution in [0.25, 0.3) is 0 Å². The Morgan fingerprint density at radius 1 is 0.611 bits per heavy atom. The van der Waals surface area contributed by atoms with Gasteiger partial charge in [-0.2, -0.15) is 0 Å². The minimum absolute atomic E-state index is 1.04. The second-order valence-corrected chi connectivity index (χ2v) is 5.91. The summed E-state index contributed by atoms with van der Waals surface area (Å²) in [6.45, 7) is 0. The molecule has 18 heavy (non-hydrogen) atoms. The van der Waals surface area contributed by atoms with Crippen LogP contribution < -0.4 is 0 Å². The Morgan fingerprint density at radius 2 is 1.00 bits per heavy atom. The Bertz CT molecular complexity index is 417. The molecule has 0 atom stereocenters. The van der Waals surface area contributed by atoms with E-state index in [4.69, 9.17) is 0 Å². The van der Waals surface area contributed by atoms with Crippen molar-refractivity contribution in [2.24, 2.45) is 0 Å². The molecule has 0 heterocycles. The van der Waals surface area contributed by atoms with E-state index in [1.807, 2.05) is 23.5 Å². The van der Waals surface area contributed by atoms with Crippen LogP contribution in [0.3, 0.4) is 0 Å². The zero-order chi connectivity index (χ0) is 12.5. The second kappa shape index (κ2) is 8.06. The fourth-order valence-electron chi connectivity index (χ4n) is 1.46. The zero-order valence-corrected chi connectivity index (χ0v) is 11.8. The molecule has 92 valence electrons.